The first-order valence-electron chi connectivity index (χ1n) is 9.48. The quantitative estimate of drug-likeness (QED) is 0.759. The van der Waals surface area contributed by atoms with Crippen LogP contribution in [0.25, 0.3) is 0 Å². The molecule has 1 atom stereocenters. The fourth-order valence-corrected chi connectivity index (χ4v) is 5.14. The molecule has 0 amide bonds. The summed E-state index contributed by atoms with van der Waals surface area (Å²) in [7, 11) is -3.81. The van der Waals surface area contributed by atoms with E-state index in [4.69, 9.17) is 16.3 Å². The lowest BCUT2D eigenvalue weighted by atomic mass is 9.96. The van der Waals surface area contributed by atoms with Crippen molar-refractivity contribution in [1.82, 2.24) is 4.31 Å². The molecule has 1 heterocycles. The summed E-state index contributed by atoms with van der Waals surface area (Å²) in [5.74, 6) is 0.0191. The molecule has 2 aromatic carbocycles. The number of hydrogen-bond donors (Lipinski definition) is 1. The SMILES string of the molecule is Cc1cc(OCC2(O)CCCN(S(=O)(=O)c3cccc(F)c3)CC2)cc(C)c1Cl. The average molecular weight is 442 g/mol. The van der Waals surface area contributed by atoms with Crippen molar-refractivity contribution in [3.8, 4) is 5.75 Å². The molecule has 158 valence electrons. The summed E-state index contributed by atoms with van der Waals surface area (Å²) >= 11 is 6.18. The Balaban J connectivity index is 1.68. The van der Waals surface area contributed by atoms with Gasteiger partial charge in [0.25, 0.3) is 0 Å². The minimum absolute atomic E-state index is 0.0569. The van der Waals surface area contributed by atoms with Crippen molar-refractivity contribution < 1.29 is 22.7 Å². The van der Waals surface area contributed by atoms with Gasteiger partial charge in [0.1, 0.15) is 18.2 Å². The minimum atomic E-state index is -3.81. The zero-order valence-corrected chi connectivity index (χ0v) is 18.1. The molecule has 5 nitrogen and oxygen atoms in total. The predicted molar refractivity (Wildman–Crippen MR) is 110 cm³/mol. The van der Waals surface area contributed by atoms with Gasteiger partial charge in [-0.2, -0.15) is 4.31 Å². The van der Waals surface area contributed by atoms with Gasteiger partial charge < -0.3 is 9.84 Å². The zero-order valence-electron chi connectivity index (χ0n) is 16.5. The van der Waals surface area contributed by atoms with Gasteiger partial charge in [0.05, 0.1) is 10.5 Å². The van der Waals surface area contributed by atoms with E-state index in [1.54, 1.807) is 0 Å². The molecule has 0 aliphatic carbocycles. The van der Waals surface area contributed by atoms with E-state index < -0.39 is 21.4 Å². The first-order chi connectivity index (χ1) is 13.6. The molecular formula is C21H25ClFNO4S. The van der Waals surface area contributed by atoms with Crippen LogP contribution < -0.4 is 4.74 Å². The molecule has 0 bridgehead atoms. The normalized spacial score (nSPS) is 21.0. The smallest absolute Gasteiger partial charge is 0.243 e. The van der Waals surface area contributed by atoms with Crippen LogP contribution in [0.4, 0.5) is 4.39 Å². The van der Waals surface area contributed by atoms with E-state index >= 15 is 0 Å². The molecule has 0 radical (unpaired) electrons. The molecule has 0 spiro atoms. The summed E-state index contributed by atoms with van der Waals surface area (Å²) in [4.78, 5) is -0.0775. The Morgan fingerprint density at radius 3 is 2.52 bits per heavy atom. The van der Waals surface area contributed by atoms with Crippen molar-refractivity contribution in [2.24, 2.45) is 0 Å². The van der Waals surface area contributed by atoms with Gasteiger partial charge in [-0.15, -0.1) is 0 Å². The molecule has 2 aromatic rings. The summed E-state index contributed by atoms with van der Waals surface area (Å²) in [6.45, 7) is 4.23. The second-order valence-corrected chi connectivity index (χ2v) is 9.91. The molecule has 0 saturated carbocycles. The zero-order chi connectivity index (χ0) is 21.2. The van der Waals surface area contributed by atoms with Gasteiger partial charge >= 0.3 is 0 Å². The highest BCUT2D eigenvalue weighted by atomic mass is 35.5. The van der Waals surface area contributed by atoms with Gasteiger partial charge in [0, 0.05) is 18.1 Å². The summed E-state index contributed by atoms with van der Waals surface area (Å²) in [6.07, 6.45) is 1.12. The van der Waals surface area contributed by atoms with Crippen molar-refractivity contribution in [1.29, 1.82) is 0 Å². The molecule has 0 aromatic heterocycles. The lowest BCUT2D eigenvalue weighted by Crippen LogP contribution is -2.38. The van der Waals surface area contributed by atoms with E-state index in [9.17, 15) is 17.9 Å². The summed E-state index contributed by atoms with van der Waals surface area (Å²) in [5, 5.41) is 11.7. The van der Waals surface area contributed by atoms with E-state index in [1.165, 1.54) is 22.5 Å². The van der Waals surface area contributed by atoms with E-state index in [0.717, 1.165) is 17.2 Å². The molecule has 29 heavy (non-hydrogen) atoms. The largest absolute Gasteiger partial charge is 0.491 e. The van der Waals surface area contributed by atoms with Crippen LogP contribution in [0.2, 0.25) is 5.02 Å². The van der Waals surface area contributed by atoms with Crippen molar-refractivity contribution in [3.05, 3.63) is 58.4 Å². The molecule has 8 heteroatoms. The molecular weight excluding hydrogens is 417 g/mol. The van der Waals surface area contributed by atoms with Crippen LogP contribution in [0.5, 0.6) is 5.75 Å². The van der Waals surface area contributed by atoms with E-state index in [2.05, 4.69) is 0 Å². The number of ether oxygens (including phenoxy) is 1. The van der Waals surface area contributed by atoms with Crippen LogP contribution in [0, 0.1) is 19.7 Å². The van der Waals surface area contributed by atoms with Crippen LogP contribution in [-0.2, 0) is 10.0 Å². The van der Waals surface area contributed by atoms with Crippen LogP contribution >= 0.6 is 11.6 Å². The number of hydrogen-bond acceptors (Lipinski definition) is 4. The molecule has 1 aliphatic rings. The standard InChI is InChI=1S/C21H25ClFNO4S/c1-15-11-18(12-16(2)20(15)22)28-14-21(25)7-4-9-24(10-8-21)29(26,27)19-6-3-5-17(23)13-19/h3,5-6,11-13,25H,4,7-10,14H2,1-2H3. The Labute approximate surface area is 176 Å². The van der Waals surface area contributed by atoms with Crippen molar-refractivity contribution >= 4 is 21.6 Å². The Bertz CT molecular complexity index is 975. The predicted octanol–water partition coefficient (Wildman–Crippen LogP) is 4.08. The lowest BCUT2D eigenvalue weighted by molar-refractivity contribution is -0.0156. The molecule has 1 unspecified atom stereocenters. The molecule has 1 N–H and O–H groups in total. The summed E-state index contributed by atoms with van der Waals surface area (Å²) in [6, 6.07) is 8.61. The Kier molecular flexibility index (Phi) is 6.53. The number of benzene rings is 2. The molecule has 3 rings (SSSR count). The van der Waals surface area contributed by atoms with Gasteiger partial charge in [-0.1, -0.05) is 17.7 Å². The van der Waals surface area contributed by atoms with Crippen molar-refractivity contribution in [2.45, 2.75) is 43.6 Å². The maximum Gasteiger partial charge on any atom is 0.243 e. The van der Waals surface area contributed by atoms with Crippen LogP contribution in [0.15, 0.2) is 41.3 Å². The molecule has 1 saturated heterocycles. The van der Waals surface area contributed by atoms with Crippen LogP contribution in [-0.4, -0.2) is 43.1 Å². The van der Waals surface area contributed by atoms with Gasteiger partial charge in [0.15, 0.2) is 0 Å². The fraction of sp³-hybridized carbons (Fsp3) is 0.429. The third-order valence-electron chi connectivity index (χ3n) is 5.23. The highest BCUT2D eigenvalue weighted by Gasteiger charge is 2.35. The van der Waals surface area contributed by atoms with E-state index in [0.29, 0.717) is 23.6 Å². The average Bonchev–Trinajstić information content (AvgIpc) is 2.87. The van der Waals surface area contributed by atoms with E-state index in [1.807, 2.05) is 26.0 Å². The number of rotatable bonds is 5. The molecule has 1 fully saturated rings. The highest BCUT2D eigenvalue weighted by molar-refractivity contribution is 7.89. The summed E-state index contributed by atoms with van der Waals surface area (Å²) in [5.41, 5.74) is 0.636. The number of sulfonamides is 1. The fourth-order valence-electron chi connectivity index (χ4n) is 3.52. The second kappa shape index (κ2) is 8.60. The van der Waals surface area contributed by atoms with Gasteiger partial charge in [-0.25, -0.2) is 12.8 Å². The minimum Gasteiger partial charge on any atom is -0.491 e. The van der Waals surface area contributed by atoms with E-state index in [-0.39, 0.29) is 31.0 Å². The first kappa shape index (κ1) is 22.0. The summed E-state index contributed by atoms with van der Waals surface area (Å²) < 4.78 is 46.2. The lowest BCUT2D eigenvalue weighted by Gasteiger charge is -2.27. The Morgan fingerprint density at radius 2 is 1.86 bits per heavy atom. The van der Waals surface area contributed by atoms with Crippen LogP contribution in [0.3, 0.4) is 0 Å². The van der Waals surface area contributed by atoms with Crippen molar-refractivity contribution in [3.63, 3.8) is 0 Å². The monoisotopic (exact) mass is 441 g/mol. The first-order valence-corrected chi connectivity index (χ1v) is 11.3. The number of aryl methyl sites for hydroxylation is 2. The Morgan fingerprint density at radius 1 is 1.17 bits per heavy atom. The number of nitrogens with zero attached hydrogens (tertiary/aromatic N) is 1. The van der Waals surface area contributed by atoms with Crippen LogP contribution in [0.1, 0.15) is 30.4 Å². The topological polar surface area (TPSA) is 66.8 Å². The maximum atomic E-state index is 13.5. The van der Waals surface area contributed by atoms with Gasteiger partial charge in [0.2, 0.25) is 10.0 Å². The van der Waals surface area contributed by atoms with Crippen molar-refractivity contribution in [2.75, 3.05) is 19.7 Å². The second-order valence-electron chi connectivity index (χ2n) is 7.60. The third kappa shape index (κ3) is 5.09. The number of aliphatic hydroxyl groups is 1. The van der Waals surface area contributed by atoms with Gasteiger partial charge in [-0.05, 0) is 74.6 Å². The Hall–Kier alpha value is -1.67. The van der Waals surface area contributed by atoms with Gasteiger partial charge in [-0.3, -0.25) is 0 Å². The number of halogens is 2. The third-order valence-corrected chi connectivity index (χ3v) is 7.72. The highest BCUT2D eigenvalue weighted by Crippen LogP contribution is 2.29. The molecule has 1 aliphatic heterocycles. The maximum absolute atomic E-state index is 13.5.